The summed E-state index contributed by atoms with van der Waals surface area (Å²) in [5, 5.41) is 0. The SMILES string of the molecule is Cc1ccccc1[C@@H]1[C@@H](C(=O)N2CCc3cc(=O)n(C)cc3C2)OCC(=O)N1C. The molecule has 7 nitrogen and oxygen atoms in total. The number of aryl methyl sites for hydroxylation is 2. The van der Waals surface area contributed by atoms with Gasteiger partial charge in [-0.1, -0.05) is 24.3 Å². The summed E-state index contributed by atoms with van der Waals surface area (Å²) in [6.45, 7) is 2.83. The summed E-state index contributed by atoms with van der Waals surface area (Å²) in [7, 11) is 3.44. The second kappa shape index (κ2) is 7.48. The van der Waals surface area contributed by atoms with Crippen LogP contribution in [-0.2, 0) is 34.3 Å². The lowest BCUT2D eigenvalue weighted by atomic mass is 9.93. The lowest BCUT2D eigenvalue weighted by Crippen LogP contribution is -2.54. The normalized spacial score (nSPS) is 21.8. The van der Waals surface area contributed by atoms with E-state index in [2.05, 4.69) is 0 Å². The lowest BCUT2D eigenvalue weighted by molar-refractivity contribution is -0.168. The van der Waals surface area contributed by atoms with Crippen molar-refractivity contribution in [3.63, 3.8) is 0 Å². The quantitative estimate of drug-likeness (QED) is 0.766. The Bertz CT molecular complexity index is 1030. The van der Waals surface area contributed by atoms with E-state index in [4.69, 9.17) is 4.74 Å². The average Bonchev–Trinajstić information content (AvgIpc) is 2.71. The predicted octanol–water partition coefficient (Wildman–Crippen LogP) is 1.18. The molecule has 4 rings (SSSR count). The van der Waals surface area contributed by atoms with E-state index in [0.29, 0.717) is 19.5 Å². The molecule has 1 saturated heterocycles. The third-order valence-electron chi connectivity index (χ3n) is 5.97. The number of carbonyl (C=O) groups is 2. The molecule has 0 aliphatic carbocycles. The van der Waals surface area contributed by atoms with Gasteiger partial charge in [-0.25, -0.2) is 0 Å². The van der Waals surface area contributed by atoms with Crippen LogP contribution in [0.5, 0.6) is 0 Å². The number of likely N-dealkylation sites (N-methyl/N-ethyl adjacent to an activating group) is 1. The molecule has 1 aromatic carbocycles. The van der Waals surface area contributed by atoms with E-state index in [1.807, 2.05) is 31.2 Å². The van der Waals surface area contributed by atoms with Crippen molar-refractivity contribution in [1.29, 1.82) is 0 Å². The monoisotopic (exact) mass is 395 g/mol. The molecule has 2 amide bonds. The minimum absolute atomic E-state index is 0.0427. The predicted molar refractivity (Wildman–Crippen MR) is 107 cm³/mol. The number of hydrogen-bond acceptors (Lipinski definition) is 4. The van der Waals surface area contributed by atoms with E-state index in [9.17, 15) is 14.4 Å². The lowest BCUT2D eigenvalue weighted by Gasteiger charge is -2.41. The highest BCUT2D eigenvalue weighted by atomic mass is 16.5. The fourth-order valence-corrected chi connectivity index (χ4v) is 4.22. The smallest absolute Gasteiger partial charge is 0.254 e. The second-order valence-electron chi connectivity index (χ2n) is 7.82. The van der Waals surface area contributed by atoms with Gasteiger partial charge in [-0.15, -0.1) is 0 Å². The molecule has 152 valence electrons. The summed E-state index contributed by atoms with van der Waals surface area (Å²) >= 11 is 0. The average molecular weight is 395 g/mol. The Morgan fingerprint density at radius 3 is 2.66 bits per heavy atom. The Kier molecular flexibility index (Phi) is 5.00. The number of carbonyl (C=O) groups excluding carboxylic acids is 2. The maximum absolute atomic E-state index is 13.5. The highest BCUT2D eigenvalue weighted by Gasteiger charge is 2.42. The molecule has 0 N–H and O–H groups in total. The molecule has 3 heterocycles. The van der Waals surface area contributed by atoms with Gasteiger partial charge in [-0.05, 0) is 35.6 Å². The van der Waals surface area contributed by atoms with Crippen LogP contribution in [0, 0.1) is 6.92 Å². The van der Waals surface area contributed by atoms with Crippen molar-refractivity contribution in [3.8, 4) is 0 Å². The Labute approximate surface area is 169 Å². The van der Waals surface area contributed by atoms with Crippen molar-refractivity contribution in [1.82, 2.24) is 14.4 Å². The van der Waals surface area contributed by atoms with Crippen LogP contribution in [0.1, 0.15) is 28.3 Å². The van der Waals surface area contributed by atoms with Gasteiger partial charge in [0.25, 0.3) is 11.5 Å². The van der Waals surface area contributed by atoms with Crippen LogP contribution in [0.3, 0.4) is 0 Å². The Morgan fingerprint density at radius 1 is 1.14 bits per heavy atom. The maximum atomic E-state index is 13.5. The fraction of sp³-hybridized carbons (Fsp3) is 0.409. The Balaban J connectivity index is 1.64. The Morgan fingerprint density at radius 2 is 1.90 bits per heavy atom. The van der Waals surface area contributed by atoms with Gasteiger partial charge in [0.15, 0.2) is 6.10 Å². The van der Waals surface area contributed by atoms with Gasteiger partial charge < -0.3 is 19.1 Å². The summed E-state index contributed by atoms with van der Waals surface area (Å²) < 4.78 is 7.33. The van der Waals surface area contributed by atoms with Crippen LogP contribution in [-0.4, -0.2) is 52.5 Å². The van der Waals surface area contributed by atoms with Crippen LogP contribution < -0.4 is 5.56 Å². The zero-order valence-electron chi connectivity index (χ0n) is 16.9. The van der Waals surface area contributed by atoms with Crippen LogP contribution in [0.15, 0.2) is 41.3 Å². The first-order chi connectivity index (χ1) is 13.9. The summed E-state index contributed by atoms with van der Waals surface area (Å²) in [4.78, 5) is 41.0. The van der Waals surface area contributed by atoms with E-state index < -0.39 is 12.1 Å². The number of aromatic nitrogens is 1. The molecule has 2 aliphatic heterocycles. The van der Waals surface area contributed by atoms with Gasteiger partial charge in [0.1, 0.15) is 6.61 Å². The highest BCUT2D eigenvalue weighted by molar-refractivity contribution is 5.86. The molecule has 2 atom stereocenters. The molecule has 1 fully saturated rings. The number of hydrogen-bond donors (Lipinski definition) is 0. The van der Waals surface area contributed by atoms with Gasteiger partial charge in [0.2, 0.25) is 5.91 Å². The summed E-state index contributed by atoms with van der Waals surface area (Å²) in [6.07, 6.45) is 1.67. The maximum Gasteiger partial charge on any atom is 0.254 e. The van der Waals surface area contributed by atoms with Crippen molar-refractivity contribution >= 4 is 11.8 Å². The number of amides is 2. The van der Waals surface area contributed by atoms with E-state index >= 15 is 0 Å². The molecular formula is C22H25N3O4. The van der Waals surface area contributed by atoms with Crippen LogP contribution >= 0.6 is 0 Å². The molecule has 0 radical (unpaired) electrons. The van der Waals surface area contributed by atoms with E-state index in [1.165, 1.54) is 4.57 Å². The van der Waals surface area contributed by atoms with Crippen LogP contribution in [0.2, 0.25) is 0 Å². The molecule has 0 saturated carbocycles. The highest BCUT2D eigenvalue weighted by Crippen LogP contribution is 2.33. The van der Waals surface area contributed by atoms with Crippen LogP contribution in [0.25, 0.3) is 0 Å². The second-order valence-corrected chi connectivity index (χ2v) is 7.82. The molecule has 0 spiro atoms. The molecule has 7 heteroatoms. The van der Waals surface area contributed by atoms with Crippen molar-refractivity contribution in [3.05, 3.63) is 69.1 Å². The van der Waals surface area contributed by atoms with E-state index in [0.717, 1.165) is 22.3 Å². The summed E-state index contributed by atoms with van der Waals surface area (Å²) in [5.41, 5.74) is 3.85. The van der Waals surface area contributed by atoms with Crippen molar-refractivity contribution in [2.75, 3.05) is 20.2 Å². The first kappa shape index (κ1) is 19.4. The Hall–Kier alpha value is -2.93. The number of fused-ring (bicyclic) bond motifs is 1. The van der Waals surface area contributed by atoms with Gasteiger partial charge in [0, 0.05) is 39.4 Å². The number of morpholine rings is 1. The topological polar surface area (TPSA) is 71.9 Å². The van der Waals surface area contributed by atoms with Gasteiger partial charge in [-0.2, -0.15) is 0 Å². The molecule has 2 aromatic rings. The standard InChI is InChI=1S/C22H25N3O4/c1-14-6-4-5-7-17(14)20-21(29-13-19(27)24(20)3)22(28)25-9-8-15-10-18(26)23(2)11-16(15)12-25/h4-7,10-11,20-21H,8-9,12-13H2,1-3H3/t20-,21+/m1/s1. The zero-order valence-corrected chi connectivity index (χ0v) is 16.9. The molecule has 0 bridgehead atoms. The summed E-state index contributed by atoms with van der Waals surface area (Å²) in [5.74, 6) is -0.265. The van der Waals surface area contributed by atoms with Gasteiger partial charge >= 0.3 is 0 Å². The molecule has 2 aliphatic rings. The van der Waals surface area contributed by atoms with Gasteiger partial charge in [-0.3, -0.25) is 14.4 Å². The number of ether oxygens (including phenoxy) is 1. The first-order valence-electron chi connectivity index (χ1n) is 9.77. The minimum atomic E-state index is -0.757. The zero-order chi connectivity index (χ0) is 20.7. The fourth-order valence-electron chi connectivity index (χ4n) is 4.22. The van der Waals surface area contributed by atoms with E-state index in [1.54, 1.807) is 36.2 Å². The minimum Gasteiger partial charge on any atom is -0.356 e. The van der Waals surface area contributed by atoms with Crippen molar-refractivity contribution in [2.24, 2.45) is 7.05 Å². The number of pyridine rings is 1. The third kappa shape index (κ3) is 3.46. The van der Waals surface area contributed by atoms with Gasteiger partial charge in [0.05, 0.1) is 6.04 Å². The summed E-state index contributed by atoms with van der Waals surface area (Å²) in [6, 6.07) is 8.95. The van der Waals surface area contributed by atoms with Crippen molar-refractivity contribution < 1.29 is 14.3 Å². The molecule has 1 aromatic heterocycles. The van der Waals surface area contributed by atoms with Crippen molar-refractivity contribution in [2.45, 2.75) is 32.0 Å². The number of rotatable bonds is 2. The van der Waals surface area contributed by atoms with Crippen LogP contribution in [0.4, 0.5) is 0 Å². The molecular weight excluding hydrogens is 370 g/mol. The van der Waals surface area contributed by atoms with E-state index in [-0.39, 0.29) is 24.0 Å². The molecule has 0 unspecified atom stereocenters. The molecule has 29 heavy (non-hydrogen) atoms. The first-order valence-corrected chi connectivity index (χ1v) is 9.77. The third-order valence-corrected chi connectivity index (χ3v) is 5.97. The number of nitrogens with zero attached hydrogens (tertiary/aromatic N) is 3. The number of benzene rings is 1. The largest absolute Gasteiger partial charge is 0.356 e.